The first-order valence-electron chi connectivity index (χ1n) is 5.05. The number of benzene rings is 1. The Balaban J connectivity index is 1.91. The molecule has 0 spiro atoms. The van der Waals surface area contributed by atoms with Gasteiger partial charge in [-0.2, -0.15) is 0 Å². The van der Waals surface area contributed by atoms with Gasteiger partial charge >= 0.3 is 0 Å². The summed E-state index contributed by atoms with van der Waals surface area (Å²) in [6.45, 7) is 0.172. The first kappa shape index (κ1) is 10.4. The summed E-state index contributed by atoms with van der Waals surface area (Å²) < 4.78 is 5.34. The summed E-state index contributed by atoms with van der Waals surface area (Å²) in [5.41, 5.74) is 0.950. The lowest BCUT2D eigenvalue weighted by atomic mass is 10.1. The molecule has 4 heteroatoms. The van der Waals surface area contributed by atoms with Gasteiger partial charge < -0.3 is 20.3 Å². The highest BCUT2D eigenvalue weighted by atomic mass is 16.5. The Hall–Kier alpha value is -1.10. The van der Waals surface area contributed by atoms with Crippen LogP contribution in [0.4, 0.5) is 5.69 Å². The summed E-state index contributed by atoms with van der Waals surface area (Å²) in [7, 11) is 0. The van der Waals surface area contributed by atoms with Crippen molar-refractivity contribution in [3.05, 3.63) is 30.3 Å². The lowest BCUT2D eigenvalue weighted by Crippen LogP contribution is -2.44. The number of aliphatic hydroxyl groups is 2. The van der Waals surface area contributed by atoms with E-state index in [1.54, 1.807) is 0 Å². The molecule has 1 aromatic carbocycles. The average molecular weight is 209 g/mol. The first-order valence-corrected chi connectivity index (χ1v) is 5.05. The maximum absolute atomic E-state index is 9.46. The highest BCUT2D eigenvalue weighted by molar-refractivity contribution is 5.42. The number of ether oxygens (including phenoxy) is 1. The van der Waals surface area contributed by atoms with Gasteiger partial charge in [0.05, 0.1) is 12.7 Å². The molecule has 1 fully saturated rings. The van der Waals surface area contributed by atoms with Crippen molar-refractivity contribution in [2.75, 3.05) is 11.9 Å². The predicted molar refractivity (Wildman–Crippen MR) is 56.4 cm³/mol. The second kappa shape index (κ2) is 4.61. The molecule has 2 rings (SSSR count). The van der Waals surface area contributed by atoms with Crippen LogP contribution in [0.5, 0.6) is 0 Å². The van der Waals surface area contributed by atoms with Gasteiger partial charge in [0.2, 0.25) is 0 Å². The van der Waals surface area contributed by atoms with E-state index in [-0.39, 0.29) is 12.8 Å². The number of hydrogen-bond acceptors (Lipinski definition) is 4. The van der Waals surface area contributed by atoms with Crippen molar-refractivity contribution in [2.24, 2.45) is 0 Å². The Bertz CT molecular complexity index is 304. The molecule has 3 N–H and O–H groups in total. The van der Waals surface area contributed by atoms with Crippen LogP contribution >= 0.6 is 0 Å². The van der Waals surface area contributed by atoms with E-state index in [0.717, 1.165) is 5.69 Å². The molecule has 1 aromatic rings. The third-order valence-electron chi connectivity index (χ3n) is 2.47. The summed E-state index contributed by atoms with van der Waals surface area (Å²) in [5, 5.41) is 21.9. The molecule has 0 saturated carbocycles. The van der Waals surface area contributed by atoms with E-state index in [4.69, 9.17) is 4.74 Å². The van der Waals surface area contributed by atoms with Gasteiger partial charge in [-0.1, -0.05) is 18.2 Å². The number of para-hydroxylation sites is 1. The molecule has 0 unspecified atom stereocenters. The number of aliphatic hydroxyl groups excluding tert-OH is 2. The minimum Gasteiger partial charge on any atom is -0.390 e. The van der Waals surface area contributed by atoms with Crippen LogP contribution in [0.3, 0.4) is 0 Å². The molecule has 4 nitrogen and oxygen atoms in total. The van der Waals surface area contributed by atoms with Crippen LogP contribution in [-0.2, 0) is 4.74 Å². The van der Waals surface area contributed by atoms with Gasteiger partial charge in [0.25, 0.3) is 0 Å². The van der Waals surface area contributed by atoms with Crippen LogP contribution in [0, 0.1) is 0 Å². The quantitative estimate of drug-likeness (QED) is 0.666. The van der Waals surface area contributed by atoms with Crippen LogP contribution < -0.4 is 5.32 Å². The van der Waals surface area contributed by atoms with E-state index in [1.807, 2.05) is 30.3 Å². The molecule has 15 heavy (non-hydrogen) atoms. The summed E-state index contributed by atoms with van der Waals surface area (Å²) in [4.78, 5) is 0. The van der Waals surface area contributed by atoms with Gasteiger partial charge in [-0.3, -0.25) is 0 Å². The van der Waals surface area contributed by atoms with Gasteiger partial charge in [0, 0.05) is 12.1 Å². The molecule has 3 atom stereocenters. The number of anilines is 1. The molecule has 1 saturated heterocycles. The van der Waals surface area contributed by atoms with Crippen LogP contribution in [0.25, 0.3) is 0 Å². The Morgan fingerprint density at radius 2 is 1.87 bits per heavy atom. The van der Waals surface area contributed by atoms with Gasteiger partial charge in [0.15, 0.2) is 0 Å². The zero-order valence-electron chi connectivity index (χ0n) is 8.34. The second-order valence-corrected chi connectivity index (χ2v) is 3.70. The maximum Gasteiger partial charge on any atom is 0.130 e. The van der Waals surface area contributed by atoms with Gasteiger partial charge in [0.1, 0.15) is 12.3 Å². The Kier molecular flexibility index (Phi) is 3.20. The Morgan fingerprint density at radius 3 is 2.53 bits per heavy atom. The fourth-order valence-electron chi connectivity index (χ4n) is 1.59. The molecule has 0 bridgehead atoms. The van der Waals surface area contributed by atoms with E-state index >= 15 is 0 Å². The monoisotopic (exact) mass is 209 g/mol. The normalized spacial score (nSPS) is 31.2. The topological polar surface area (TPSA) is 61.7 Å². The molecule has 1 aliphatic heterocycles. The van der Waals surface area contributed by atoms with Gasteiger partial charge in [-0.15, -0.1) is 0 Å². The van der Waals surface area contributed by atoms with Crippen molar-refractivity contribution in [3.63, 3.8) is 0 Å². The average Bonchev–Trinajstić information content (AvgIpc) is 2.25. The predicted octanol–water partition coefficient (Wildman–Crippen LogP) is 0.567. The fraction of sp³-hybridized carbons (Fsp3) is 0.455. The van der Waals surface area contributed by atoms with Crippen molar-refractivity contribution in [3.8, 4) is 0 Å². The number of rotatable bonds is 2. The lowest BCUT2D eigenvalue weighted by Gasteiger charge is -2.31. The molecule has 0 aliphatic carbocycles. The van der Waals surface area contributed by atoms with Gasteiger partial charge in [-0.05, 0) is 12.1 Å². The standard InChI is InChI=1S/C11H15NO3/c13-9-6-11(15-7-10(9)14)12-8-4-2-1-3-5-8/h1-5,9-14H,6-7H2/t9-,10+,11+/m0/s1. The van der Waals surface area contributed by atoms with Crippen LogP contribution in [0.2, 0.25) is 0 Å². The highest BCUT2D eigenvalue weighted by Crippen LogP contribution is 2.17. The summed E-state index contributed by atoms with van der Waals surface area (Å²) in [6, 6.07) is 9.65. The minimum atomic E-state index is -0.765. The minimum absolute atomic E-state index is 0.172. The van der Waals surface area contributed by atoms with E-state index in [1.165, 1.54) is 0 Å². The largest absolute Gasteiger partial charge is 0.390 e. The Morgan fingerprint density at radius 1 is 1.13 bits per heavy atom. The summed E-state index contributed by atoms with van der Waals surface area (Å²) in [6.07, 6.45) is -1.31. The zero-order valence-corrected chi connectivity index (χ0v) is 8.34. The maximum atomic E-state index is 9.46. The summed E-state index contributed by atoms with van der Waals surface area (Å²) in [5.74, 6) is 0. The van der Waals surface area contributed by atoms with Crippen LogP contribution in [0.15, 0.2) is 30.3 Å². The van der Waals surface area contributed by atoms with E-state index < -0.39 is 12.2 Å². The number of hydrogen-bond donors (Lipinski definition) is 3. The third-order valence-corrected chi connectivity index (χ3v) is 2.47. The number of nitrogens with one attached hydrogen (secondary N) is 1. The fourth-order valence-corrected chi connectivity index (χ4v) is 1.59. The highest BCUT2D eigenvalue weighted by Gasteiger charge is 2.27. The molecule has 0 amide bonds. The molecule has 1 aliphatic rings. The van der Waals surface area contributed by atoms with Crippen molar-refractivity contribution in [1.82, 2.24) is 0 Å². The van der Waals surface area contributed by atoms with E-state index in [2.05, 4.69) is 5.32 Å². The molecule has 82 valence electrons. The molecule has 0 aromatic heterocycles. The second-order valence-electron chi connectivity index (χ2n) is 3.70. The van der Waals surface area contributed by atoms with E-state index in [0.29, 0.717) is 6.42 Å². The Labute approximate surface area is 88.5 Å². The molecular formula is C11H15NO3. The van der Waals surface area contributed by atoms with Crippen molar-refractivity contribution >= 4 is 5.69 Å². The lowest BCUT2D eigenvalue weighted by molar-refractivity contribution is -0.112. The zero-order chi connectivity index (χ0) is 10.7. The smallest absolute Gasteiger partial charge is 0.130 e. The van der Waals surface area contributed by atoms with Crippen molar-refractivity contribution in [1.29, 1.82) is 0 Å². The summed E-state index contributed by atoms with van der Waals surface area (Å²) >= 11 is 0. The SMILES string of the molecule is O[C@@H]1CO[C@@H](Nc2ccccc2)C[C@@H]1O. The van der Waals surface area contributed by atoms with E-state index in [9.17, 15) is 10.2 Å². The third kappa shape index (κ3) is 2.68. The van der Waals surface area contributed by atoms with Crippen molar-refractivity contribution in [2.45, 2.75) is 24.9 Å². The van der Waals surface area contributed by atoms with Crippen molar-refractivity contribution < 1.29 is 14.9 Å². The van der Waals surface area contributed by atoms with Gasteiger partial charge in [-0.25, -0.2) is 0 Å². The van der Waals surface area contributed by atoms with Crippen LogP contribution in [-0.4, -0.2) is 35.3 Å². The van der Waals surface area contributed by atoms with Crippen LogP contribution in [0.1, 0.15) is 6.42 Å². The molecule has 0 radical (unpaired) electrons. The molecular weight excluding hydrogens is 194 g/mol. The molecule has 1 heterocycles. The first-order chi connectivity index (χ1) is 7.25.